The first-order valence-corrected chi connectivity index (χ1v) is 7.13. The average Bonchev–Trinajstić information content (AvgIpc) is 2.58. The van der Waals surface area contributed by atoms with Gasteiger partial charge in [-0.05, 0) is 18.9 Å². The molecule has 1 fully saturated rings. The first kappa shape index (κ1) is 14.6. The van der Waals surface area contributed by atoms with Crippen LogP contribution in [0.3, 0.4) is 0 Å². The lowest BCUT2D eigenvalue weighted by atomic mass is 10.1. The van der Waals surface area contributed by atoms with Gasteiger partial charge in [0.05, 0.1) is 22.7 Å². The molecular formula is C13H16Cl2N2O2. The number of carbonyl (C=O) groups is 1. The highest BCUT2D eigenvalue weighted by molar-refractivity contribution is 6.41. The number of halogens is 2. The molecule has 19 heavy (non-hydrogen) atoms. The van der Waals surface area contributed by atoms with Crippen molar-refractivity contribution in [3.8, 4) is 0 Å². The predicted octanol–water partition coefficient (Wildman–Crippen LogP) is 2.81. The van der Waals surface area contributed by atoms with E-state index in [1.807, 2.05) is 0 Å². The molecule has 2 atom stereocenters. The highest BCUT2D eigenvalue weighted by Crippen LogP contribution is 2.21. The average molecular weight is 303 g/mol. The van der Waals surface area contributed by atoms with Crippen molar-refractivity contribution in [2.75, 3.05) is 0 Å². The van der Waals surface area contributed by atoms with Gasteiger partial charge in [0, 0.05) is 6.20 Å². The summed E-state index contributed by atoms with van der Waals surface area (Å²) in [5.74, 6) is -0.281. The Kier molecular flexibility index (Phi) is 5.02. The van der Waals surface area contributed by atoms with Crippen LogP contribution in [0.15, 0.2) is 12.3 Å². The zero-order valence-corrected chi connectivity index (χ0v) is 11.9. The molecule has 1 aromatic heterocycles. The summed E-state index contributed by atoms with van der Waals surface area (Å²) < 4.78 is 0. The Labute approximate surface area is 122 Å². The smallest absolute Gasteiger partial charge is 0.253 e. The summed E-state index contributed by atoms with van der Waals surface area (Å²) in [4.78, 5) is 15.9. The van der Waals surface area contributed by atoms with Crippen molar-refractivity contribution in [1.29, 1.82) is 0 Å². The molecule has 2 N–H and O–H groups in total. The van der Waals surface area contributed by atoms with Crippen LogP contribution in [0, 0.1) is 0 Å². The molecule has 0 radical (unpaired) electrons. The van der Waals surface area contributed by atoms with Crippen molar-refractivity contribution >= 4 is 29.1 Å². The van der Waals surface area contributed by atoms with Crippen LogP contribution in [0.2, 0.25) is 10.2 Å². The third-order valence-electron chi connectivity index (χ3n) is 3.35. The molecule has 0 aromatic carbocycles. The number of aromatic nitrogens is 1. The topological polar surface area (TPSA) is 62.2 Å². The Bertz CT molecular complexity index is 468. The van der Waals surface area contributed by atoms with E-state index in [-0.39, 0.29) is 22.1 Å². The summed E-state index contributed by atoms with van der Waals surface area (Å²) in [6, 6.07) is 1.28. The Hall–Kier alpha value is -0.840. The normalized spacial score (nSPS) is 23.7. The quantitative estimate of drug-likeness (QED) is 0.652. The zero-order chi connectivity index (χ0) is 13.8. The maximum Gasteiger partial charge on any atom is 0.253 e. The first-order chi connectivity index (χ1) is 9.08. The standard InChI is InChI=1S/C13H16Cl2N2O2/c14-9-6-8(7-16-12(9)15)13(19)17-10-4-2-1-3-5-11(10)18/h6-7,10-11,18H,1-5H2,(H,17,19). The van der Waals surface area contributed by atoms with Crippen LogP contribution >= 0.6 is 23.2 Å². The van der Waals surface area contributed by atoms with Crippen LogP contribution in [0.5, 0.6) is 0 Å². The number of amides is 1. The number of nitrogens with zero attached hydrogens (tertiary/aromatic N) is 1. The Morgan fingerprint density at radius 1 is 1.32 bits per heavy atom. The molecular weight excluding hydrogens is 287 g/mol. The lowest BCUT2D eigenvalue weighted by Crippen LogP contribution is -2.42. The van der Waals surface area contributed by atoms with Gasteiger partial charge in [0.1, 0.15) is 5.15 Å². The van der Waals surface area contributed by atoms with Gasteiger partial charge in [-0.2, -0.15) is 0 Å². The molecule has 4 nitrogen and oxygen atoms in total. The van der Waals surface area contributed by atoms with E-state index in [4.69, 9.17) is 23.2 Å². The molecule has 6 heteroatoms. The van der Waals surface area contributed by atoms with Crippen LogP contribution < -0.4 is 5.32 Å². The number of pyridine rings is 1. The third-order valence-corrected chi connectivity index (χ3v) is 4.04. The minimum Gasteiger partial charge on any atom is -0.391 e. The monoisotopic (exact) mass is 302 g/mol. The number of aliphatic hydroxyl groups excluding tert-OH is 1. The van der Waals surface area contributed by atoms with Crippen LogP contribution in [0.25, 0.3) is 0 Å². The van der Waals surface area contributed by atoms with Gasteiger partial charge in [0.25, 0.3) is 5.91 Å². The molecule has 2 rings (SSSR count). The van der Waals surface area contributed by atoms with Crippen LogP contribution in [0.1, 0.15) is 42.5 Å². The Morgan fingerprint density at radius 2 is 2.05 bits per heavy atom. The van der Waals surface area contributed by atoms with Gasteiger partial charge >= 0.3 is 0 Å². The van der Waals surface area contributed by atoms with Crippen molar-refractivity contribution < 1.29 is 9.90 Å². The molecule has 0 bridgehead atoms. The molecule has 1 saturated carbocycles. The molecule has 0 saturated heterocycles. The summed E-state index contributed by atoms with van der Waals surface area (Å²) in [6.45, 7) is 0. The highest BCUT2D eigenvalue weighted by atomic mass is 35.5. The van der Waals surface area contributed by atoms with Crippen LogP contribution in [0.4, 0.5) is 0 Å². The van der Waals surface area contributed by atoms with E-state index in [1.54, 1.807) is 0 Å². The number of nitrogens with one attached hydrogen (secondary N) is 1. The van der Waals surface area contributed by atoms with E-state index in [9.17, 15) is 9.90 Å². The van der Waals surface area contributed by atoms with Crippen molar-refractivity contribution in [2.45, 2.75) is 44.2 Å². The molecule has 1 aromatic rings. The van der Waals surface area contributed by atoms with Crippen molar-refractivity contribution in [2.24, 2.45) is 0 Å². The molecule has 1 aliphatic carbocycles. The molecule has 0 spiro atoms. The summed E-state index contributed by atoms with van der Waals surface area (Å²) >= 11 is 11.5. The van der Waals surface area contributed by atoms with E-state index >= 15 is 0 Å². The molecule has 1 heterocycles. The third kappa shape index (κ3) is 3.81. The van der Waals surface area contributed by atoms with E-state index in [0.29, 0.717) is 5.56 Å². The second kappa shape index (κ2) is 6.55. The number of hydrogen-bond acceptors (Lipinski definition) is 3. The summed E-state index contributed by atoms with van der Waals surface area (Å²) in [5.41, 5.74) is 0.353. The fourth-order valence-electron chi connectivity index (χ4n) is 2.25. The van der Waals surface area contributed by atoms with Gasteiger partial charge < -0.3 is 10.4 Å². The maximum absolute atomic E-state index is 12.1. The molecule has 1 amide bonds. The van der Waals surface area contributed by atoms with Crippen molar-refractivity contribution in [3.63, 3.8) is 0 Å². The predicted molar refractivity (Wildman–Crippen MR) is 74.6 cm³/mol. The fraction of sp³-hybridized carbons (Fsp3) is 0.538. The number of rotatable bonds is 2. The summed E-state index contributed by atoms with van der Waals surface area (Å²) in [7, 11) is 0. The largest absolute Gasteiger partial charge is 0.391 e. The van der Waals surface area contributed by atoms with Crippen molar-refractivity contribution in [1.82, 2.24) is 10.3 Å². The number of carbonyl (C=O) groups excluding carboxylic acids is 1. The van der Waals surface area contributed by atoms with Crippen LogP contribution in [-0.2, 0) is 0 Å². The lowest BCUT2D eigenvalue weighted by Gasteiger charge is -2.21. The lowest BCUT2D eigenvalue weighted by molar-refractivity contribution is 0.0818. The van der Waals surface area contributed by atoms with E-state index < -0.39 is 6.10 Å². The summed E-state index contributed by atoms with van der Waals surface area (Å²) in [6.07, 6.45) is 5.53. The van der Waals surface area contributed by atoms with Gasteiger partial charge in [-0.3, -0.25) is 4.79 Å². The van der Waals surface area contributed by atoms with Gasteiger partial charge in [-0.25, -0.2) is 4.98 Å². The maximum atomic E-state index is 12.1. The Balaban J connectivity index is 2.05. The van der Waals surface area contributed by atoms with Gasteiger partial charge in [0.2, 0.25) is 0 Å². The van der Waals surface area contributed by atoms with Crippen molar-refractivity contribution in [3.05, 3.63) is 28.0 Å². The Morgan fingerprint density at radius 3 is 2.79 bits per heavy atom. The van der Waals surface area contributed by atoms with Gasteiger partial charge in [-0.15, -0.1) is 0 Å². The molecule has 104 valence electrons. The first-order valence-electron chi connectivity index (χ1n) is 6.38. The van der Waals surface area contributed by atoms with E-state index in [2.05, 4.69) is 10.3 Å². The number of aliphatic hydroxyl groups is 1. The van der Waals surface area contributed by atoms with Crippen LogP contribution in [-0.4, -0.2) is 28.1 Å². The number of hydrogen-bond donors (Lipinski definition) is 2. The molecule has 1 aliphatic rings. The highest BCUT2D eigenvalue weighted by Gasteiger charge is 2.23. The second-order valence-corrected chi connectivity index (χ2v) is 5.55. The SMILES string of the molecule is O=C(NC1CCCCCC1O)c1cnc(Cl)c(Cl)c1. The zero-order valence-electron chi connectivity index (χ0n) is 10.4. The van der Waals surface area contributed by atoms with E-state index in [0.717, 1.165) is 32.1 Å². The van der Waals surface area contributed by atoms with E-state index in [1.165, 1.54) is 12.3 Å². The van der Waals surface area contributed by atoms with Gasteiger partial charge in [0.15, 0.2) is 0 Å². The van der Waals surface area contributed by atoms with Gasteiger partial charge in [-0.1, -0.05) is 42.5 Å². The second-order valence-electron chi connectivity index (χ2n) is 4.78. The minimum absolute atomic E-state index is 0.174. The fourth-order valence-corrected chi connectivity index (χ4v) is 2.52. The summed E-state index contributed by atoms with van der Waals surface area (Å²) in [5, 5.41) is 13.2. The minimum atomic E-state index is -0.484. The molecule has 0 aliphatic heterocycles. The molecule has 2 unspecified atom stereocenters.